The van der Waals surface area contributed by atoms with Crippen molar-refractivity contribution in [3.8, 4) is 17.3 Å². The van der Waals surface area contributed by atoms with Crippen molar-refractivity contribution in [3.05, 3.63) is 55.0 Å². The number of fused-ring (bicyclic) bond motifs is 2. The third kappa shape index (κ3) is 3.56. The minimum Gasteiger partial charge on any atom is -0.474 e. The van der Waals surface area contributed by atoms with E-state index in [1.54, 1.807) is 6.20 Å². The predicted octanol–water partition coefficient (Wildman–Crippen LogP) is 3.18. The second kappa shape index (κ2) is 8.01. The number of hydrogen-bond donors (Lipinski definition) is 2. The summed E-state index contributed by atoms with van der Waals surface area (Å²) in [6.45, 7) is 4.76. The molecule has 162 valence electrons. The van der Waals surface area contributed by atoms with Crippen LogP contribution in [0, 0.1) is 0 Å². The predicted molar refractivity (Wildman–Crippen MR) is 123 cm³/mol. The second-order valence-corrected chi connectivity index (χ2v) is 7.73. The molecule has 0 aliphatic carbocycles. The van der Waals surface area contributed by atoms with Crippen molar-refractivity contribution >= 4 is 28.5 Å². The largest absolute Gasteiger partial charge is 0.474 e. The summed E-state index contributed by atoms with van der Waals surface area (Å²) in [6, 6.07) is 12.3. The van der Waals surface area contributed by atoms with Crippen molar-refractivity contribution < 1.29 is 9.47 Å². The van der Waals surface area contributed by atoms with E-state index < -0.39 is 0 Å². The summed E-state index contributed by atoms with van der Waals surface area (Å²) < 4.78 is 13.1. The van der Waals surface area contributed by atoms with Gasteiger partial charge in [0.15, 0.2) is 11.5 Å². The summed E-state index contributed by atoms with van der Waals surface area (Å²) in [5.41, 5.74) is 5.28. The molecule has 0 atom stereocenters. The van der Waals surface area contributed by atoms with Crippen molar-refractivity contribution in [3.63, 3.8) is 0 Å². The lowest BCUT2D eigenvalue weighted by Gasteiger charge is -2.28. The van der Waals surface area contributed by atoms with Gasteiger partial charge >= 0.3 is 0 Å². The highest BCUT2D eigenvalue weighted by atomic mass is 16.5. The van der Waals surface area contributed by atoms with E-state index >= 15 is 0 Å². The van der Waals surface area contributed by atoms with Crippen LogP contribution in [0.1, 0.15) is 0 Å². The molecule has 2 N–H and O–H groups in total. The molecule has 0 bridgehead atoms. The molecule has 0 radical (unpaired) electrons. The summed E-state index contributed by atoms with van der Waals surface area (Å²) >= 11 is 0. The standard InChI is InChI=1S/C23H23N7O2/c1-3-17(29-10-13-31-14-11-29)4-2-16(1)26-21-22-25-7-9-30(22)15-20(27-21)18-5-6-19-23(28-18)32-12-8-24-19/h1-7,9,15,24H,8,10-14H2,(H,26,27). The quantitative estimate of drug-likeness (QED) is 0.511. The number of morpholine rings is 1. The molecule has 5 heterocycles. The number of anilines is 4. The van der Waals surface area contributed by atoms with Crippen LogP contribution in [0.25, 0.3) is 17.0 Å². The molecule has 0 spiro atoms. The van der Waals surface area contributed by atoms with E-state index in [0.29, 0.717) is 18.3 Å². The van der Waals surface area contributed by atoms with Gasteiger partial charge in [-0.2, -0.15) is 0 Å². The molecule has 0 unspecified atom stereocenters. The number of nitrogens with zero attached hydrogens (tertiary/aromatic N) is 5. The third-order valence-corrected chi connectivity index (χ3v) is 5.66. The van der Waals surface area contributed by atoms with Gasteiger partial charge in [0, 0.05) is 49.6 Å². The monoisotopic (exact) mass is 429 g/mol. The number of pyridine rings is 1. The van der Waals surface area contributed by atoms with E-state index in [4.69, 9.17) is 14.5 Å². The van der Waals surface area contributed by atoms with Gasteiger partial charge in [-0.05, 0) is 36.4 Å². The fourth-order valence-electron chi connectivity index (χ4n) is 4.01. The van der Waals surface area contributed by atoms with E-state index in [0.717, 1.165) is 61.3 Å². The van der Waals surface area contributed by atoms with Gasteiger partial charge in [0.25, 0.3) is 0 Å². The van der Waals surface area contributed by atoms with Gasteiger partial charge in [-0.3, -0.25) is 0 Å². The molecule has 9 nitrogen and oxygen atoms in total. The molecule has 0 amide bonds. The molecule has 3 aromatic heterocycles. The van der Waals surface area contributed by atoms with Crippen molar-refractivity contribution in [2.45, 2.75) is 0 Å². The van der Waals surface area contributed by atoms with Crippen LogP contribution >= 0.6 is 0 Å². The molecule has 9 heteroatoms. The molecule has 1 saturated heterocycles. The Morgan fingerprint density at radius 1 is 0.938 bits per heavy atom. The van der Waals surface area contributed by atoms with E-state index in [1.165, 1.54) is 5.69 Å². The Balaban J connectivity index is 1.31. The van der Waals surface area contributed by atoms with E-state index in [2.05, 4.69) is 49.8 Å². The minimum atomic E-state index is 0.602. The Hall–Kier alpha value is -3.85. The molecular formula is C23H23N7O2. The summed E-state index contributed by atoms with van der Waals surface area (Å²) in [5, 5.41) is 6.72. The van der Waals surface area contributed by atoms with Gasteiger partial charge < -0.3 is 29.4 Å². The zero-order valence-corrected chi connectivity index (χ0v) is 17.5. The first-order chi connectivity index (χ1) is 15.8. The Morgan fingerprint density at radius 3 is 2.69 bits per heavy atom. The Morgan fingerprint density at radius 2 is 1.81 bits per heavy atom. The maximum absolute atomic E-state index is 5.70. The molecule has 2 aliphatic heterocycles. The van der Waals surface area contributed by atoms with Crippen LogP contribution in [-0.2, 0) is 4.74 Å². The molecule has 4 aromatic rings. The fourth-order valence-corrected chi connectivity index (χ4v) is 4.01. The number of rotatable bonds is 4. The van der Waals surface area contributed by atoms with E-state index in [1.807, 2.05) is 28.9 Å². The molecular weight excluding hydrogens is 406 g/mol. The average molecular weight is 429 g/mol. The van der Waals surface area contributed by atoms with Crippen molar-refractivity contribution in [2.75, 3.05) is 55.0 Å². The maximum atomic E-state index is 5.70. The second-order valence-electron chi connectivity index (χ2n) is 7.73. The van der Waals surface area contributed by atoms with Crippen molar-refractivity contribution in [1.29, 1.82) is 0 Å². The van der Waals surface area contributed by atoms with E-state index in [-0.39, 0.29) is 0 Å². The van der Waals surface area contributed by atoms with Gasteiger partial charge in [-0.15, -0.1) is 0 Å². The lowest BCUT2D eigenvalue weighted by Crippen LogP contribution is -2.36. The van der Waals surface area contributed by atoms with Crippen LogP contribution in [0.4, 0.5) is 22.9 Å². The minimum absolute atomic E-state index is 0.602. The van der Waals surface area contributed by atoms with Crippen LogP contribution in [0.15, 0.2) is 55.0 Å². The van der Waals surface area contributed by atoms with Crippen LogP contribution in [0.3, 0.4) is 0 Å². The van der Waals surface area contributed by atoms with Gasteiger partial charge in [0.05, 0.1) is 24.6 Å². The molecule has 0 saturated carbocycles. The first kappa shape index (κ1) is 18.9. The molecule has 1 fully saturated rings. The molecule has 6 rings (SSSR count). The van der Waals surface area contributed by atoms with Crippen LogP contribution in [-0.4, -0.2) is 58.8 Å². The number of imidazole rings is 1. The molecule has 2 aliphatic rings. The van der Waals surface area contributed by atoms with Gasteiger partial charge in [-0.25, -0.2) is 15.0 Å². The number of hydrogen-bond acceptors (Lipinski definition) is 8. The van der Waals surface area contributed by atoms with Crippen molar-refractivity contribution in [2.24, 2.45) is 0 Å². The van der Waals surface area contributed by atoms with Crippen molar-refractivity contribution in [1.82, 2.24) is 19.4 Å². The molecule has 1 aromatic carbocycles. The van der Waals surface area contributed by atoms with Crippen LogP contribution < -0.4 is 20.3 Å². The van der Waals surface area contributed by atoms with Gasteiger partial charge in [-0.1, -0.05) is 0 Å². The number of ether oxygens (including phenoxy) is 2. The lowest BCUT2D eigenvalue weighted by molar-refractivity contribution is 0.122. The van der Waals surface area contributed by atoms with E-state index in [9.17, 15) is 0 Å². The first-order valence-electron chi connectivity index (χ1n) is 10.8. The maximum Gasteiger partial charge on any atom is 0.238 e. The Labute approximate surface area is 185 Å². The Bertz CT molecular complexity index is 1250. The summed E-state index contributed by atoms with van der Waals surface area (Å²) in [7, 11) is 0. The number of benzene rings is 1. The summed E-state index contributed by atoms with van der Waals surface area (Å²) in [4.78, 5) is 16.3. The van der Waals surface area contributed by atoms with Crippen LogP contribution in [0.5, 0.6) is 5.88 Å². The highest BCUT2D eigenvalue weighted by Crippen LogP contribution is 2.30. The first-order valence-corrected chi connectivity index (χ1v) is 10.8. The topological polar surface area (TPSA) is 88.8 Å². The SMILES string of the molecule is c1cn2cc(-c3ccc4c(n3)OCCN4)nc(Nc3ccc(N4CCOCC4)cc3)c2n1. The summed E-state index contributed by atoms with van der Waals surface area (Å²) in [6.07, 6.45) is 5.60. The lowest BCUT2D eigenvalue weighted by atomic mass is 10.2. The van der Waals surface area contributed by atoms with Crippen LogP contribution in [0.2, 0.25) is 0 Å². The zero-order chi connectivity index (χ0) is 21.3. The average Bonchev–Trinajstić information content (AvgIpc) is 3.34. The van der Waals surface area contributed by atoms with Gasteiger partial charge in [0.1, 0.15) is 12.3 Å². The zero-order valence-electron chi connectivity index (χ0n) is 17.5. The summed E-state index contributed by atoms with van der Waals surface area (Å²) in [5.74, 6) is 1.28. The Kier molecular flexibility index (Phi) is 4.73. The fraction of sp³-hybridized carbons (Fsp3) is 0.261. The highest BCUT2D eigenvalue weighted by Gasteiger charge is 2.16. The highest BCUT2D eigenvalue weighted by molar-refractivity contribution is 5.74. The normalized spacial score (nSPS) is 15.7. The number of nitrogens with one attached hydrogen (secondary N) is 2. The smallest absolute Gasteiger partial charge is 0.238 e. The number of aromatic nitrogens is 4. The van der Waals surface area contributed by atoms with Gasteiger partial charge in [0.2, 0.25) is 5.88 Å². The molecule has 32 heavy (non-hydrogen) atoms. The third-order valence-electron chi connectivity index (χ3n) is 5.66.